The number of ether oxygens (including phenoxy) is 3. The number of amides is 1. The Morgan fingerprint density at radius 2 is 1.26 bits per heavy atom. The van der Waals surface area contributed by atoms with E-state index in [4.69, 9.17) is 24.9 Å². The van der Waals surface area contributed by atoms with Crippen molar-refractivity contribution in [3.63, 3.8) is 0 Å². The van der Waals surface area contributed by atoms with Gasteiger partial charge in [0.1, 0.15) is 9.71 Å². The number of carbonyl (C=O) groups excluding carboxylic acids is 1. The number of aromatic nitrogens is 1. The van der Waals surface area contributed by atoms with E-state index in [1.807, 2.05) is 109 Å². The largest absolute Gasteiger partial charge is 0.493 e. The molecule has 2 aromatic heterocycles. The zero-order valence-corrected chi connectivity index (χ0v) is 24.7. The lowest BCUT2D eigenvalue weighted by Crippen LogP contribution is -2.25. The van der Waals surface area contributed by atoms with Crippen LogP contribution in [0.2, 0.25) is 0 Å². The van der Waals surface area contributed by atoms with Crippen LogP contribution in [0.1, 0.15) is 9.67 Å². The normalized spacial score (nSPS) is 10.9. The number of thiophene rings is 1. The van der Waals surface area contributed by atoms with Gasteiger partial charge in [-0.2, -0.15) is 0 Å². The molecular formula is C35H29N3O4S. The molecule has 4 aromatic carbocycles. The van der Waals surface area contributed by atoms with Crippen LogP contribution in [-0.2, 0) is 0 Å². The van der Waals surface area contributed by atoms with Gasteiger partial charge in [0.15, 0.2) is 11.5 Å². The minimum Gasteiger partial charge on any atom is -0.493 e. The summed E-state index contributed by atoms with van der Waals surface area (Å²) in [7, 11) is 4.73. The summed E-state index contributed by atoms with van der Waals surface area (Å²) in [6.07, 6.45) is 0. The van der Waals surface area contributed by atoms with Gasteiger partial charge in [-0.15, -0.1) is 11.3 Å². The SMILES string of the molecule is COc1cc(-c2cc(-c3ccccc3)nc3sc(C(=O)N(c4ccccc4)c4ccccc4)c(N)c23)cc(OC)c1OC. The molecule has 0 atom stereocenters. The second kappa shape index (κ2) is 11.9. The van der Waals surface area contributed by atoms with Crippen molar-refractivity contribution < 1.29 is 19.0 Å². The van der Waals surface area contributed by atoms with Crippen LogP contribution < -0.4 is 24.8 Å². The molecule has 43 heavy (non-hydrogen) atoms. The fourth-order valence-corrected chi connectivity index (χ4v) is 6.19. The van der Waals surface area contributed by atoms with Crippen molar-refractivity contribution in [2.24, 2.45) is 0 Å². The highest BCUT2D eigenvalue weighted by Crippen LogP contribution is 2.47. The minimum absolute atomic E-state index is 0.241. The smallest absolute Gasteiger partial charge is 0.275 e. The van der Waals surface area contributed by atoms with Gasteiger partial charge in [0.25, 0.3) is 5.91 Å². The lowest BCUT2D eigenvalue weighted by Gasteiger charge is -2.22. The Hall–Kier alpha value is -5.34. The molecule has 7 nitrogen and oxygen atoms in total. The maximum absolute atomic E-state index is 14.4. The number of rotatable bonds is 8. The molecule has 214 valence electrons. The summed E-state index contributed by atoms with van der Waals surface area (Å²) in [4.78, 5) is 22.1. The van der Waals surface area contributed by atoms with Crippen molar-refractivity contribution in [2.45, 2.75) is 0 Å². The zero-order valence-electron chi connectivity index (χ0n) is 23.9. The van der Waals surface area contributed by atoms with E-state index in [0.29, 0.717) is 38.0 Å². The molecule has 1 amide bonds. The van der Waals surface area contributed by atoms with Crippen LogP contribution in [0.25, 0.3) is 32.6 Å². The molecule has 6 rings (SSSR count). The Morgan fingerprint density at radius 3 is 1.77 bits per heavy atom. The van der Waals surface area contributed by atoms with Crippen molar-refractivity contribution in [3.8, 4) is 39.6 Å². The molecule has 2 heterocycles. The first-order valence-corrected chi connectivity index (χ1v) is 14.4. The molecule has 0 aliphatic heterocycles. The summed E-state index contributed by atoms with van der Waals surface area (Å²) >= 11 is 1.28. The molecule has 0 saturated heterocycles. The molecule has 0 spiro atoms. The topological polar surface area (TPSA) is 86.9 Å². The molecule has 0 unspecified atom stereocenters. The summed E-state index contributed by atoms with van der Waals surface area (Å²) < 4.78 is 16.9. The van der Waals surface area contributed by atoms with Crippen molar-refractivity contribution in [1.29, 1.82) is 0 Å². The number of hydrogen-bond acceptors (Lipinski definition) is 7. The maximum Gasteiger partial charge on any atom is 0.275 e. The second-order valence-corrected chi connectivity index (χ2v) is 10.7. The van der Waals surface area contributed by atoms with Crippen LogP contribution in [0.3, 0.4) is 0 Å². The molecule has 0 radical (unpaired) electrons. The van der Waals surface area contributed by atoms with Gasteiger partial charge in [-0.3, -0.25) is 9.69 Å². The molecule has 0 fully saturated rings. The number of para-hydroxylation sites is 2. The predicted molar refractivity (Wildman–Crippen MR) is 174 cm³/mol. The minimum atomic E-state index is -0.241. The fraction of sp³-hybridized carbons (Fsp3) is 0.0857. The number of anilines is 3. The van der Waals surface area contributed by atoms with Crippen LogP contribution >= 0.6 is 11.3 Å². The first-order chi connectivity index (χ1) is 21.0. The summed E-state index contributed by atoms with van der Waals surface area (Å²) in [5, 5.41) is 0.684. The van der Waals surface area contributed by atoms with Gasteiger partial charge in [-0.05, 0) is 53.6 Å². The number of nitrogens with two attached hydrogens (primary N) is 1. The lowest BCUT2D eigenvalue weighted by atomic mass is 9.98. The van der Waals surface area contributed by atoms with E-state index in [-0.39, 0.29) is 5.91 Å². The van der Waals surface area contributed by atoms with Crippen LogP contribution in [0.4, 0.5) is 17.1 Å². The van der Waals surface area contributed by atoms with Crippen LogP contribution in [0.5, 0.6) is 17.2 Å². The van der Waals surface area contributed by atoms with E-state index in [0.717, 1.165) is 33.8 Å². The number of nitrogen functional groups attached to an aromatic ring is 1. The number of fused-ring (bicyclic) bond motifs is 1. The van der Waals surface area contributed by atoms with E-state index < -0.39 is 0 Å². The van der Waals surface area contributed by atoms with Gasteiger partial charge in [0.2, 0.25) is 5.75 Å². The Balaban J connectivity index is 1.60. The Kier molecular flexibility index (Phi) is 7.68. The summed E-state index contributed by atoms with van der Waals surface area (Å²) in [6, 6.07) is 34.7. The van der Waals surface area contributed by atoms with E-state index in [1.165, 1.54) is 11.3 Å². The highest BCUT2D eigenvalue weighted by molar-refractivity contribution is 7.21. The molecule has 8 heteroatoms. The van der Waals surface area contributed by atoms with E-state index in [9.17, 15) is 4.79 Å². The standard InChI is InChI=1S/C35H29N3O4S/c1-40-28-19-23(20-29(41-2)32(28)42-3)26-21-27(22-13-7-4-8-14-22)37-34-30(26)31(36)33(43-34)35(39)38(24-15-9-5-10-16-24)25-17-11-6-12-18-25/h4-21H,36H2,1-3H3. The summed E-state index contributed by atoms with van der Waals surface area (Å²) in [5.41, 5.74) is 12.0. The molecule has 0 aliphatic rings. The average molecular weight is 588 g/mol. The summed E-state index contributed by atoms with van der Waals surface area (Å²) in [6.45, 7) is 0. The third kappa shape index (κ3) is 5.13. The van der Waals surface area contributed by atoms with Crippen molar-refractivity contribution >= 4 is 44.5 Å². The van der Waals surface area contributed by atoms with E-state index in [1.54, 1.807) is 26.2 Å². The Morgan fingerprint density at radius 1 is 0.721 bits per heavy atom. The lowest BCUT2D eigenvalue weighted by molar-refractivity contribution is 0.100. The van der Waals surface area contributed by atoms with Gasteiger partial charge in [0, 0.05) is 22.3 Å². The molecule has 0 bridgehead atoms. The van der Waals surface area contributed by atoms with Crippen molar-refractivity contribution in [3.05, 3.63) is 114 Å². The molecular weight excluding hydrogens is 558 g/mol. The molecule has 0 aliphatic carbocycles. The third-order valence-corrected chi connectivity index (χ3v) is 8.26. The third-order valence-electron chi connectivity index (χ3n) is 7.17. The Bertz CT molecular complexity index is 1840. The molecule has 0 saturated carbocycles. The van der Waals surface area contributed by atoms with Crippen LogP contribution in [0.15, 0.2) is 109 Å². The van der Waals surface area contributed by atoms with Gasteiger partial charge < -0.3 is 19.9 Å². The number of carbonyl (C=O) groups is 1. The fourth-order valence-electron chi connectivity index (χ4n) is 5.14. The first-order valence-electron chi connectivity index (χ1n) is 13.6. The van der Waals surface area contributed by atoms with Gasteiger partial charge >= 0.3 is 0 Å². The van der Waals surface area contributed by atoms with Crippen molar-refractivity contribution in [2.75, 3.05) is 32.0 Å². The highest BCUT2D eigenvalue weighted by Gasteiger charge is 2.28. The first kappa shape index (κ1) is 27.8. The predicted octanol–water partition coefficient (Wildman–Crippen LogP) is 8.22. The summed E-state index contributed by atoms with van der Waals surface area (Å²) in [5.74, 6) is 1.26. The number of nitrogens with zero attached hydrogens (tertiary/aromatic N) is 2. The number of methoxy groups -OCH3 is 3. The number of benzene rings is 4. The average Bonchev–Trinajstić information content (AvgIpc) is 3.41. The Labute approximate surface area is 253 Å². The quantitative estimate of drug-likeness (QED) is 0.193. The van der Waals surface area contributed by atoms with Crippen LogP contribution in [0, 0.1) is 0 Å². The highest BCUT2D eigenvalue weighted by atomic mass is 32.1. The monoisotopic (exact) mass is 587 g/mol. The van der Waals surface area contributed by atoms with E-state index in [2.05, 4.69) is 0 Å². The van der Waals surface area contributed by atoms with Gasteiger partial charge in [0.05, 0.1) is 32.7 Å². The number of pyridine rings is 1. The zero-order chi connectivity index (χ0) is 29.9. The van der Waals surface area contributed by atoms with Crippen LogP contribution in [-0.4, -0.2) is 32.2 Å². The molecule has 2 N–H and O–H groups in total. The molecule has 6 aromatic rings. The van der Waals surface area contributed by atoms with E-state index >= 15 is 0 Å². The number of hydrogen-bond donors (Lipinski definition) is 1. The second-order valence-electron chi connectivity index (χ2n) is 9.67. The maximum atomic E-state index is 14.4. The van der Waals surface area contributed by atoms with Crippen molar-refractivity contribution in [1.82, 2.24) is 4.98 Å². The van der Waals surface area contributed by atoms with Gasteiger partial charge in [-0.1, -0.05) is 66.7 Å². The van der Waals surface area contributed by atoms with Gasteiger partial charge in [-0.25, -0.2) is 4.98 Å².